The van der Waals surface area contributed by atoms with Crippen LogP contribution in [0.4, 0.5) is 11.4 Å². The smallest absolute Gasteiger partial charge is 0.336 e. The van der Waals surface area contributed by atoms with Crippen molar-refractivity contribution in [3.63, 3.8) is 0 Å². The lowest BCUT2D eigenvalue weighted by atomic mass is 9.66. The SMILES string of the molecule is C#CCOCc1ccc(C(=O)NCCNC(=O)CCCCCC2(C)C(=CC=CC3=[N+](CCCS(=O)(=O)O)C4CCC(C)CC4C3(C)C)N(CCCS(=O)(=O)O)c3ccc(C)cc32)cn1.CCC1=CC(C)(C)[N+](C)=c2cc3c(cc21)=C(c1ccc(C(=O)NCCCC(=O)c2ccnc(CC)c2)cc1C(=O)O)c1cc2c(cc1O3)N(C)C(C)(C)C=C2CS(=O)(=O)[O-]. The van der Waals surface area contributed by atoms with Gasteiger partial charge in [0, 0.05) is 170 Å². The Bertz CT molecular complexity index is 5860. The van der Waals surface area contributed by atoms with Crippen LogP contribution < -0.4 is 45.6 Å². The van der Waals surface area contributed by atoms with Gasteiger partial charge in [0.25, 0.3) is 32.1 Å². The Morgan fingerprint density at radius 3 is 2.14 bits per heavy atom. The molecule has 4 unspecified atom stereocenters. The molecule has 1 fully saturated rings. The standard InChI is InChI=1S/C48H67N5O9S2.C47H50N4O8S/c1-7-28-62-34-38-20-19-37(33-51-38)46(55)50-25-24-49-45(54)16-9-8-10-23-48(6)40-32-36(3)18-22-42(40)53(27-13-30-64(59,60)61)44(48)15-11-14-43-47(4,5)39-31-35(2)17-21-41(39)52(43)26-12-29-63(56,57)58;1-9-27-24-46(3,4)50(7)38-22-41-36(20-33(27)38)43(37-21-34-30(26-60(56,57)58)25-47(5,6)51(8)39(34)23-42(37)59-41)32-14-13-29(19-35(32)45(54)55)44(53)49-16-11-12-40(52)28-15-17-48-31(10-2)18-28/h1,11,14-15,18-20,22,32-33,35,39,41H,8-10,12-13,16-17,21,23-31,34H2,2-6H3,(H3-,49,50,54,55,56,57,58,59,60,61);13-15,17-25H,9-12,16,26H2,1-8H3,(H2-,49,53,54,55,56,57,58)/p+1. The van der Waals surface area contributed by atoms with Crippen molar-refractivity contribution < 1.29 is 82.0 Å². The largest absolute Gasteiger partial charge is 0.748 e. The summed E-state index contributed by atoms with van der Waals surface area (Å²) in [4.78, 5) is 77.5. The van der Waals surface area contributed by atoms with Gasteiger partial charge >= 0.3 is 5.97 Å². The molecule has 29 heteroatoms. The number of hydrogen-bond donors (Lipinski definition) is 6. The van der Waals surface area contributed by atoms with Gasteiger partial charge in [0.05, 0.1) is 67.8 Å². The fraction of sp³-hybridized carbons (Fsp3) is 0.463. The number of pyridine rings is 2. The van der Waals surface area contributed by atoms with Crippen LogP contribution in [0.1, 0.15) is 239 Å². The normalized spacial score (nSPS) is 19.3. The first-order valence-corrected chi connectivity index (χ1v) is 47.5. The van der Waals surface area contributed by atoms with Crippen LogP contribution in [0.3, 0.4) is 0 Å². The third kappa shape index (κ3) is 22.3. The maximum atomic E-state index is 13.5. The summed E-state index contributed by atoms with van der Waals surface area (Å²) in [6.07, 6.45) is 27.9. The number of amides is 3. The molecule has 0 saturated heterocycles. The number of carboxylic acids is 1. The van der Waals surface area contributed by atoms with Crippen molar-refractivity contribution in [2.75, 3.05) is 80.5 Å². The van der Waals surface area contributed by atoms with E-state index in [1.807, 2.05) is 58.0 Å². The lowest BCUT2D eigenvalue weighted by Gasteiger charge is -2.42. The number of nitrogens with one attached hydrogen (secondary N) is 3. The van der Waals surface area contributed by atoms with E-state index in [9.17, 15) is 68.0 Å². The number of Topliss-reactive ketones (excluding diaryl/α,β-unsaturated/α-hetero) is 1. The third-order valence-electron chi connectivity index (χ3n) is 25.2. The number of nitrogens with zero attached hydrogens (tertiary/aromatic N) is 6. The highest BCUT2D eigenvalue weighted by Crippen LogP contribution is 2.53. The lowest BCUT2D eigenvalue weighted by molar-refractivity contribution is -0.567. The van der Waals surface area contributed by atoms with E-state index in [4.69, 9.17) is 15.9 Å². The highest BCUT2D eigenvalue weighted by atomic mass is 32.2. The molecule has 1 saturated carbocycles. The van der Waals surface area contributed by atoms with Crippen molar-refractivity contribution in [3.8, 4) is 23.8 Å². The molecule has 124 heavy (non-hydrogen) atoms. The van der Waals surface area contributed by atoms with Crippen molar-refractivity contribution in [2.24, 2.45) is 17.3 Å². The van der Waals surface area contributed by atoms with Crippen molar-refractivity contribution in [1.82, 2.24) is 30.5 Å². The molecule has 4 aromatic carbocycles. The second-order valence-corrected chi connectivity index (χ2v) is 39.8. The lowest BCUT2D eigenvalue weighted by Crippen LogP contribution is -2.47. The van der Waals surface area contributed by atoms with Gasteiger partial charge in [-0.15, -0.1) is 6.42 Å². The number of aromatic carboxylic acids is 1. The van der Waals surface area contributed by atoms with E-state index >= 15 is 0 Å². The van der Waals surface area contributed by atoms with Crippen LogP contribution in [0, 0.1) is 36.5 Å². The molecule has 5 aliphatic heterocycles. The summed E-state index contributed by atoms with van der Waals surface area (Å²) in [6, 6.07) is 25.5. The van der Waals surface area contributed by atoms with Crippen molar-refractivity contribution >= 4 is 93.6 Å². The number of aromatic nitrogens is 2. The van der Waals surface area contributed by atoms with Crippen LogP contribution in [0.25, 0.3) is 16.7 Å². The Morgan fingerprint density at radius 2 is 1.44 bits per heavy atom. The number of ether oxygens (including phenoxy) is 2. The van der Waals surface area contributed by atoms with Gasteiger partial charge in [-0.25, -0.2) is 22.4 Å². The van der Waals surface area contributed by atoms with Crippen LogP contribution in [0.2, 0.25) is 0 Å². The van der Waals surface area contributed by atoms with Gasteiger partial charge in [0.1, 0.15) is 31.7 Å². The van der Waals surface area contributed by atoms with E-state index in [0.29, 0.717) is 131 Å². The molecule has 662 valence electrons. The van der Waals surface area contributed by atoms with Gasteiger partial charge in [-0.3, -0.25) is 38.3 Å². The minimum atomic E-state index is -4.68. The van der Waals surface area contributed by atoms with Gasteiger partial charge in [-0.2, -0.15) is 16.8 Å². The monoisotopic (exact) mass is 1750 g/mol. The number of terminal acetylenes is 1. The van der Waals surface area contributed by atoms with E-state index in [1.165, 1.54) is 12.3 Å². The summed E-state index contributed by atoms with van der Waals surface area (Å²) in [5.41, 5.74) is 11.1. The molecule has 3 amide bonds. The first-order valence-electron chi connectivity index (χ1n) is 42.7. The molecule has 6 aliphatic rings. The zero-order valence-electron chi connectivity index (χ0n) is 73.4. The van der Waals surface area contributed by atoms with Crippen molar-refractivity contribution in [2.45, 2.75) is 195 Å². The second-order valence-electron chi connectivity index (χ2n) is 35.3. The average molecular weight is 1750 g/mol. The predicted octanol–water partition coefficient (Wildman–Crippen LogP) is 12.4. The zero-order valence-corrected chi connectivity index (χ0v) is 75.8. The Balaban J connectivity index is 0.000000242. The van der Waals surface area contributed by atoms with E-state index in [2.05, 4.69) is 144 Å². The summed E-state index contributed by atoms with van der Waals surface area (Å²) < 4.78 is 119. The quantitative estimate of drug-likeness (QED) is 0.00706. The van der Waals surface area contributed by atoms with E-state index < -0.39 is 58.9 Å². The first kappa shape index (κ1) is 94.4. The van der Waals surface area contributed by atoms with Crippen molar-refractivity contribution in [3.05, 3.63) is 211 Å². The Hall–Kier alpha value is -10.3. The number of fused-ring (bicyclic) bond motifs is 6. The number of hydrogen-bond acceptors (Lipinski definition) is 18. The van der Waals surface area contributed by atoms with Gasteiger partial charge in [0.2, 0.25) is 11.3 Å². The molecule has 0 spiro atoms. The molecule has 0 radical (unpaired) electrons. The predicted molar refractivity (Wildman–Crippen MR) is 482 cm³/mol. The molecule has 7 heterocycles. The average Bonchev–Trinajstić information content (AvgIpc) is 1.11. The van der Waals surface area contributed by atoms with Gasteiger partial charge in [-0.1, -0.05) is 75.4 Å². The fourth-order valence-electron chi connectivity index (χ4n) is 18.3. The summed E-state index contributed by atoms with van der Waals surface area (Å²) in [5, 5.41) is 20.9. The number of anilines is 2. The molecule has 4 atom stereocenters. The van der Waals surface area contributed by atoms with Gasteiger partial charge in [0.15, 0.2) is 23.1 Å². The summed E-state index contributed by atoms with van der Waals surface area (Å²) in [6.45, 7) is 25.4. The summed E-state index contributed by atoms with van der Waals surface area (Å²) >= 11 is 0. The molecular weight excluding hydrogens is 1640 g/mol. The minimum absolute atomic E-state index is 0.0556. The number of allylic oxidation sites excluding steroid dienone is 5. The maximum Gasteiger partial charge on any atom is 0.336 e. The zero-order chi connectivity index (χ0) is 90.2. The number of benzene rings is 4. The number of carboxylic acid groups (broad SMARTS) is 1. The topological polar surface area (TPSA) is 364 Å². The number of carbonyl (C=O) groups is 5. The number of rotatable bonds is 35. The minimum Gasteiger partial charge on any atom is -0.748 e. The van der Waals surface area contributed by atoms with Gasteiger partial charge < -0.3 is 44.9 Å². The molecule has 1 aliphatic carbocycles. The number of carbonyl (C=O) groups excluding carboxylic acids is 4. The molecule has 12 rings (SSSR count). The number of aryl methyl sites for hydroxylation is 2. The Kier molecular flexibility index (Phi) is 29.7. The Morgan fingerprint density at radius 1 is 0.726 bits per heavy atom. The molecule has 6 N–H and O–H groups in total. The van der Waals surface area contributed by atoms with E-state index in [1.54, 1.807) is 54.7 Å². The second kappa shape index (κ2) is 39.1. The van der Waals surface area contributed by atoms with Crippen LogP contribution in [-0.4, -0.2) is 182 Å². The Labute approximate surface area is 729 Å². The summed E-state index contributed by atoms with van der Waals surface area (Å²) in [5.74, 6) is 0.725. The molecule has 6 aromatic rings. The number of ketones is 1. The van der Waals surface area contributed by atoms with E-state index in [-0.39, 0.29) is 96.4 Å². The van der Waals surface area contributed by atoms with Crippen LogP contribution in [-0.2, 0) is 58.3 Å². The fourth-order valence-corrected chi connectivity index (χ4v) is 19.9. The highest BCUT2D eigenvalue weighted by Gasteiger charge is 2.55. The maximum absolute atomic E-state index is 13.5. The molecular formula is C95H118N9O17S3+. The number of unbranched alkanes of at least 4 members (excludes halogenated alkanes) is 2. The molecule has 2 aromatic heterocycles. The van der Waals surface area contributed by atoms with Crippen LogP contribution in [0.15, 0.2) is 133 Å². The van der Waals surface area contributed by atoms with Gasteiger partial charge in [-0.05, 0) is 188 Å². The van der Waals surface area contributed by atoms with Crippen molar-refractivity contribution in [1.29, 1.82) is 0 Å². The third-order valence-corrected chi connectivity index (χ3v) is 27.5. The first-order chi connectivity index (χ1) is 58.5. The van der Waals surface area contributed by atoms with Crippen LogP contribution in [0.5, 0.6) is 11.5 Å². The highest BCUT2D eigenvalue weighted by molar-refractivity contribution is 7.86. The molecule has 0 bridgehead atoms. The summed E-state index contributed by atoms with van der Waals surface area (Å²) in [7, 11) is -9.04. The van der Waals surface area contributed by atoms with E-state index in [0.717, 1.165) is 95.4 Å². The number of likely N-dealkylation sites (N-methyl/N-ethyl adjacent to an activating group) is 2. The molecule has 26 nitrogen and oxygen atoms in total. The van der Waals surface area contributed by atoms with Crippen LogP contribution >= 0.6 is 0 Å².